The SMILES string of the molecule is CC(NC(=O)C=Cc1csc(Br)c1)c1nc(-c2ccncc2)cs1. The molecule has 3 rings (SSSR count). The van der Waals surface area contributed by atoms with E-state index in [-0.39, 0.29) is 11.9 Å². The van der Waals surface area contributed by atoms with Crippen LogP contribution in [0.1, 0.15) is 23.5 Å². The first-order valence-electron chi connectivity index (χ1n) is 7.20. The quantitative estimate of drug-likeness (QED) is 0.597. The molecule has 1 amide bonds. The molecular formula is C17H14BrN3OS2. The van der Waals surface area contributed by atoms with Crippen LogP contribution >= 0.6 is 38.6 Å². The molecule has 3 aromatic rings. The summed E-state index contributed by atoms with van der Waals surface area (Å²) in [5, 5.41) is 7.79. The summed E-state index contributed by atoms with van der Waals surface area (Å²) in [6.07, 6.45) is 6.83. The minimum Gasteiger partial charge on any atom is -0.344 e. The fourth-order valence-electron chi connectivity index (χ4n) is 2.05. The Morgan fingerprint density at radius 1 is 1.29 bits per heavy atom. The minimum absolute atomic E-state index is 0.134. The fraction of sp³-hybridized carbons (Fsp3) is 0.118. The average molecular weight is 420 g/mol. The molecule has 0 saturated heterocycles. The maximum Gasteiger partial charge on any atom is 0.244 e. The molecule has 24 heavy (non-hydrogen) atoms. The molecule has 0 saturated carbocycles. The molecule has 122 valence electrons. The third-order valence-electron chi connectivity index (χ3n) is 3.24. The fourth-order valence-corrected chi connectivity index (χ4v) is 4.03. The van der Waals surface area contributed by atoms with Gasteiger partial charge in [0.2, 0.25) is 5.91 Å². The summed E-state index contributed by atoms with van der Waals surface area (Å²) < 4.78 is 1.04. The van der Waals surface area contributed by atoms with Gasteiger partial charge in [-0.25, -0.2) is 4.98 Å². The highest BCUT2D eigenvalue weighted by Gasteiger charge is 2.13. The van der Waals surface area contributed by atoms with Gasteiger partial charge in [0.15, 0.2) is 0 Å². The molecule has 1 atom stereocenters. The number of rotatable bonds is 5. The Morgan fingerprint density at radius 3 is 2.79 bits per heavy atom. The van der Waals surface area contributed by atoms with Gasteiger partial charge in [-0.15, -0.1) is 22.7 Å². The second kappa shape index (κ2) is 7.83. The van der Waals surface area contributed by atoms with Crippen molar-refractivity contribution in [3.8, 4) is 11.3 Å². The van der Waals surface area contributed by atoms with E-state index in [0.717, 1.165) is 25.6 Å². The van der Waals surface area contributed by atoms with Gasteiger partial charge in [-0.1, -0.05) is 0 Å². The maximum atomic E-state index is 12.0. The van der Waals surface area contributed by atoms with E-state index in [2.05, 4.69) is 31.2 Å². The number of hydrogen-bond acceptors (Lipinski definition) is 5. The van der Waals surface area contributed by atoms with E-state index >= 15 is 0 Å². The summed E-state index contributed by atoms with van der Waals surface area (Å²) in [7, 11) is 0. The number of thiophene rings is 1. The lowest BCUT2D eigenvalue weighted by Gasteiger charge is -2.08. The Kier molecular flexibility index (Phi) is 5.55. The number of nitrogens with one attached hydrogen (secondary N) is 1. The number of pyridine rings is 1. The average Bonchev–Trinajstić information content (AvgIpc) is 3.23. The Bertz CT molecular complexity index is 858. The monoisotopic (exact) mass is 419 g/mol. The highest BCUT2D eigenvalue weighted by Crippen LogP contribution is 2.25. The van der Waals surface area contributed by atoms with Gasteiger partial charge in [-0.2, -0.15) is 0 Å². The summed E-state index contributed by atoms with van der Waals surface area (Å²) in [6, 6.07) is 5.67. The first-order valence-corrected chi connectivity index (χ1v) is 9.75. The zero-order valence-corrected chi connectivity index (χ0v) is 16.0. The lowest BCUT2D eigenvalue weighted by molar-refractivity contribution is -0.117. The first kappa shape index (κ1) is 17.0. The molecule has 3 heterocycles. The summed E-state index contributed by atoms with van der Waals surface area (Å²) in [5.74, 6) is -0.134. The van der Waals surface area contributed by atoms with Crippen molar-refractivity contribution in [1.29, 1.82) is 0 Å². The number of carbonyl (C=O) groups excluding carboxylic acids is 1. The van der Waals surface area contributed by atoms with Crippen LogP contribution in [0.15, 0.2) is 51.2 Å². The second-order valence-corrected chi connectivity index (χ2v) is 8.23. The highest BCUT2D eigenvalue weighted by atomic mass is 79.9. The predicted octanol–water partition coefficient (Wildman–Crippen LogP) is 4.92. The summed E-state index contributed by atoms with van der Waals surface area (Å²) in [4.78, 5) is 20.7. The summed E-state index contributed by atoms with van der Waals surface area (Å²) in [5.41, 5.74) is 2.93. The molecule has 1 N–H and O–H groups in total. The number of hydrogen-bond donors (Lipinski definition) is 1. The van der Waals surface area contributed by atoms with E-state index in [0.29, 0.717) is 0 Å². The molecule has 0 aromatic carbocycles. The molecule has 0 radical (unpaired) electrons. The Labute approximate surface area is 156 Å². The van der Waals surface area contributed by atoms with Crippen LogP contribution in [0.4, 0.5) is 0 Å². The van der Waals surface area contributed by atoms with E-state index in [1.807, 2.05) is 35.9 Å². The Hall–Kier alpha value is -1.83. The number of amides is 1. The highest BCUT2D eigenvalue weighted by molar-refractivity contribution is 9.11. The van der Waals surface area contributed by atoms with Crippen molar-refractivity contribution < 1.29 is 4.79 Å². The van der Waals surface area contributed by atoms with E-state index in [9.17, 15) is 4.79 Å². The number of aromatic nitrogens is 2. The van der Waals surface area contributed by atoms with Crippen LogP contribution in [0.25, 0.3) is 17.3 Å². The molecule has 0 spiro atoms. The number of halogens is 1. The van der Waals surface area contributed by atoms with E-state index in [4.69, 9.17) is 0 Å². The molecule has 3 aromatic heterocycles. The molecule has 0 aliphatic rings. The molecule has 0 aliphatic carbocycles. The second-order valence-electron chi connectivity index (χ2n) is 5.05. The van der Waals surface area contributed by atoms with Crippen molar-refractivity contribution in [2.75, 3.05) is 0 Å². The van der Waals surface area contributed by atoms with Gasteiger partial charge < -0.3 is 5.32 Å². The van der Waals surface area contributed by atoms with Crippen molar-refractivity contribution >= 4 is 50.6 Å². The predicted molar refractivity (Wildman–Crippen MR) is 103 cm³/mol. The summed E-state index contributed by atoms with van der Waals surface area (Å²) in [6.45, 7) is 1.93. The standard InChI is InChI=1S/C17H14BrN3OS2/c1-11(20-16(22)3-2-12-8-15(18)23-9-12)17-21-14(10-24-17)13-4-6-19-7-5-13/h2-11H,1H3,(H,20,22). The van der Waals surface area contributed by atoms with Crippen LogP contribution in [0.2, 0.25) is 0 Å². The van der Waals surface area contributed by atoms with Crippen molar-refractivity contribution in [3.63, 3.8) is 0 Å². The van der Waals surface area contributed by atoms with Gasteiger partial charge in [0.25, 0.3) is 0 Å². The van der Waals surface area contributed by atoms with Crippen molar-refractivity contribution in [2.24, 2.45) is 0 Å². The van der Waals surface area contributed by atoms with Crippen molar-refractivity contribution in [3.05, 3.63) is 61.8 Å². The largest absolute Gasteiger partial charge is 0.344 e. The van der Waals surface area contributed by atoms with Gasteiger partial charge in [-0.05, 0) is 58.1 Å². The first-order chi connectivity index (χ1) is 11.6. The van der Waals surface area contributed by atoms with Crippen molar-refractivity contribution in [1.82, 2.24) is 15.3 Å². The van der Waals surface area contributed by atoms with Crippen LogP contribution in [-0.2, 0) is 4.79 Å². The molecule has 0 aliphatic heterocycles. The smallest absolute Gasteiger partial charge is 0.244 e. The lowest BCUT2D eigenvalue weighted by atomic mass is 10.2. The Morgan fingerprint density at radius 2 is 2.08 bits per heavy atom. The molecule has 0 bridgehead atoms. The van der Waals surface area contributed by atoms with Crippen LogP contribution in [0, 0.1) is 0 Å². The Balaban J connectivity index is 1.62. The normalized spacial score (nSPS) is 12.4. The van der Waals surface area contributed by atoms with Crippen LogP contribution in [0.3, 0.4) is 0 Å². The van der Waals surface area contributed by atoms with E-state index in [1.165, 1.54) is 11.3 Å². The van der Waals surface area contributed by atoms with Gasteiger partial charge in [0, 0.05) is 29.4 Å². The third-order valence-corrected chi connectivity index (χ3v) is 5.79. The van der Waals surface area contributed by atoms with E-state index < -0.39 is 0 Å². The zero-order chi connectivity index (χ0) is 16.9. The molecule has 0 fully saturated rings. The van der Waals surface area contributed by atoms with Gasteiger partial charge in [0.1, 0.15) is 5.01 Å². The minimum atomic E-state index is -0.142. The number of thiazole rings is 1. The van der Waals surface area contributed by atoms with Crippen LogP contribution in [0.5, 0.6) is 0 Å². The molecule has 1 unspecified atom stereocenters. The maximum absolute atomic E-state index is 12.0. The van der Waals surface area contributed by atoms with Gasteiger partial charge >= 0.3 is 0 Å². The number of carbonyl (C=O) groups is 1. The zero-order valence-electron chi connectivity index (χ0n) is 12.8. The lowest BCUT2D eigenvalue weighted by Crippen LogP contribution is -2.24. The molecule has 4 nitrogen and oxygen atoms in total. The van der Waals surface area contributed by atoms with Gasteiger partial charge in [-0.3, -0.25) is 9.78 Å². The number of nitrogens with zero attached hydrogens (tertiary/aromatic N) is 2. The topological polar surface area (TPSA) is 54.9 Å². The van der Waals surface area contributed by atoms with Gasteiger partial charge in [0.05, 0.1) is 15.5 Å². The molecular weight excluding hydrogens is 406 g/mol. The van der Waals surface area contributed by atoms with Crippen LogP contribution < -0.4 is 5.32 Å². The third kappa shape index (κ3) is 4.37. The van der Waals surface area contributed by atoms with Crippen LogP contribution in [-0.4, -0.2) is 15.9 Å². The van der Waals surface area contributed by atoms with Crippen molar-refractivity contribution in [2.45, 2.75) is 13.0 Å². The summed E-state index contributed by atoms with van der Waals surface area (Å²) >= 11 is 6.53. The molecule has 7 heteroatoms. The van der Waals surface area contributed by atoms with E-state index in [1.54, 1.807) is 35.9 Å².